The maximum Gasteiger partial charge on any atom is 0.244 e. The Bertz CT molecular complexity index is 608. The molecule has 0 N–H and O–H groups in total. The lowest BCUT2D eigenvalue weighted by Gasteiger charge is -2.27. The van der Waals surface area contributed by atoms with Gasteiger partial charge in [0.2, 0.25) is 5.91 Å². The number of hydrogen-bond acceptors (Lipinski definition) is 5. The summed E-state index contributed by atoms with van der Waals surface area (Å²) >= 11 is 1.71. The first-order valence-corrected chi connectivity index (χ1v) is 8.43. The highest BCUT2D eigenvalue weighted by Crippen LogP contribution is 2.20. The van der Waals surface area contributed by atoms with Crippen LogP contribution in [0.5, 0.6) is 0 Å². The van der Waals surface area contributed by atoms with Crippen LogP contribution in [-0.2, 0) is 11.3 Å². The number of likely N-dealkylation sites (tertiary alicyclic amines) is 1. The highest BCUT2D eigenvalue weighted by Gasteiger charge is 2.23. The van der Waals surface area contributed by atoms with Crippen LogP contribution in [0, 0.1) is 0 Å². The number of aromatic nitrogens is 4. The number of carbonyl (C=O) groups is 1. The van der Waals surface area contributed by atoms with E-state index in [4.69, 9.17) is 0 Å². The molecule has 0 bridgehead atoms. The SMILES string of the molecule is O=C(Cn1cnnn1)N1CCCCCC1/C=C/c1cccs1. The van der Waals surface area contributed by atoms with E-state index < -0.39 is 0 Å². The maximum atomic E-state index is 12.6. The number of tetrazole rings is 1. The van der Waals surface area contributed by atoms with Gasteiger partial charge in [-0.2, -0.15) is 0 Å². The minimum atomic E-state index is 0.0787. The first-order chi connectivity index (χ1) is 10.8. The van der Waals surface area contributed by atoms with Crippen molar-refractivity contribution in [2.24, 2.45) is 0 Å². The standard InChI is InChI=1S/C15H19N5OS/c21-15(11-19-12-16-17-18-19)20-9-3-1-2-5-13(20)7-8-14-6-4-10-22-14/h4,6-8,10,12-13H,1-3,5,9,11H2/b8-7+. The summed E-state index contributed by atoms with van der Waals surface area (Å²) in [5.74, 6) is 0.0787. The van der Waals surface area contributed by atoms with E-state index in [-0.39, 0.29) is 18.5 Å². The molecule has 1 saturated heterocycles. The largest absolute Gasteiger partial charge is 0.335 e. The highest BCUT2D eigenvalue weighted by molar-refractivity contribution is 7.10. The summed E-state index contributed by atoms with van der Waals surface area (Å²) in [5.41, 5.74) is 0. The molecule has 1 atom stereocenters. The Morgan fingerprint density at radius 3 is 3.14 bits per heavy atom. The Morgan fingerprint density at radius 1 is 1.41 bits per heavy atom. The number of rotatable bonds is 4. The molecule has 116 valence electrons. The quantitative estimate of drug-likeness (QED) is 0.867. The Kier molecular flexibility index (Phi) is 4.95. The fourth-order valence-electron chi connectivity index (χ4n) is 2.72. The fourth-order valence-corrected chi connectivity index (χ4v) is 3.35. The molecule has 1 amide bonds. The van der Waals surface area contributed by atoms with Crippen molar-refractivity contribution in [3.63, 3.8) is 0 Å². The van der Waals surface area contributed by atoms with Gasteiger partial charge in [0.1, 0.15) is 12.9 Å². The van der Waals surface area contributed by atoms with E-state index in [0.29, 0.717) is 0 Å². The minimum absolute atomic E-state index is 0.0787. The van der Waals surface area contributed by atoms with Gasteiger partial charge >= 0.3 is 0 Å². The molecule has 0 aromatic carbocycles. The average molecular weight is 317 g/mol. The third kappa shape index (κ3) is 3.79. The molecule has 7 heteroatoms. The van der Waals surface area contributed by atoms with E-state index >= 15 is 0 Å². The second kappa shape index (κ2) is 7.31. The van der Waals surface area contributed by atoms with Crippen LogP contribution in [0.25, 0.3) is 6.08 Å². The summed E-state index contributed by atoms with van der Waals surface area (Å²) in [6.07, 6.45) is 10.2. The second-order valence-electron chi connectivity index (χ2n) is 5.39. The van der Waals surface area contributed by atoms with Crippen molar-refractivity contribution >= 4 is 23.3 Å². The van der Waals surface area contributed by atoms with Gasteiger partial charge in [0.05, 0.1) is 6.04 Å². The molecular formula is C15H19N5OS. The summed E-state index contributed by atoms with van der Waals surface area (Å²) in [4.78, 5) is 15.8. The van der Waals surface area contributed by atoms with Gasteiger partial charge < -0.3 is 4.90 Å². The lowest BCUT2D eigenvalue weighted by Crippen LogP contribution is -2.41. The molecular weight excluding hydrogens is 298 g/mol. The van der Waals surface area contributed by atoms with Crippen LogP contribution in [0.3, 0.4) is 0 Å². The smallest absolute Gasteiger partial charge is 0.244 e. The summed E-state index contributed by atoms with van der Waals surface area (Å²) in [5, 5.41) is 13.0. The van der Waals surface area contributed by atoms with Gasteiger partial charge in [0.25, 0.3) is 0 Å². The van der Waals surface area contributed by atoms with E-state index in [1.54, 1.807) is 11.3 Å². The minimum Gasteiger partial charge on any atom is -0.335 e. The zero-order valence-corrected chi connectivity index (χ0v) is 13.2. The predicted octanol–water partition coefficient (Wildman–Crippen LogP) is 2.22. The van der Waals surface area contributed by atoms with Crippen LogP contribution in [0.2, 0.25) is 0 Å². The zero-order valence-electron chi connectivity index (χ0n) is 12.3. The number of amides is 1. The number of carbonyl (C=O) groups excluding carboxylic acids is 1. The van der Waals surface area contributed by atoms with Crippen molar-refractivity contribution in [1.82, 2.24) is 25.1 Å². The van der Waals surface area contributed by atoms with E-state index in [1.807, 2.05) is 11.0 Å². The normalized spacial score (nSPS) is 19.5. The van der Waals surface area contributed by atoms with Crippen LogP contribution in [0.1, 0.15) is 30.6 Å². The van der Waals surface area contributed by atoms with Crippen LogP contribution >= 0.6 is 11.3 Å². The summed E-state index contributed by atoms with van der Waals surface area (Å²) in [7, 11) is 0. The molecule has 3 heterocycles. The lowest BCUT2D eigenvalue weighted by atomic mass is 10.1. The molecule has 1 aliphatic heterocycles. The maximum absolute atomic E-state index is 12.6. The Labute approximate surface area is 133 Å². The molecule has 0 radical (unpaired) electrons. The van der Waals surface area contributed by atoms with Gasteiger partial charge in [-0.3, -0.25) is 4.79 Å². The Balaban J connectivity index is 1.71. The molecule has 0 saturated carbocycles. The molecule has 1 aliphatic rings. The van der Waals surface area contributed by atoms with Crippen LogP contribution in [0.4, 0.5) is 0 Å². The van der Waals surface area contributed by atoms with Gasteiger partial charge in [-0.15, -0.1) is 16.4 Å². The van der Waals surface area contributed by atoms with Crippen LogP contribution in [-0.4, -0.2) is 43.6 Å². The highest BCUT2D eigenvalue weighted by atomic mass is 32.1. The Morgan fingerprint density at radius 2 is 2.36 bits per heavy atom. The number of hydrogen-bond donors (Lipinski definition) is 0. The fraction of sp³-hybridized carbons (Fsp3) is 0.467. The van der Waals surface area contributed by atoms with Crippen LogP contribution in [0.15, 0.2) is 29.9 Å². The predicted molar refractivity (Wildman–Crippen MR) is 85.1 cm³/mol. The molecule has 0 spiro atoms. The summed E-state index contributed by atoms with van der Waals surface area (Å²) in [6.45, 7) is 1.01. The third-order valence-corrected chi connectivity index (χ3v) is 4.67. The number of nitrogens with zero attached hydrogens (tertiary/aromatic N) is 5. The topological polar surface area (TPSA) is 63.9 Å². The number of thiophene rings is 1. The van der Waals surface area contributed by atoms with Crippen molar-refractivity contribution in [3.8, 4) is 0 Å². The molecule has 22 heavy (non-hydrogen) atoms. The van der Waals surface area contributed by atoms with Gasteiger partial charge in [-0.25, -0.2) is 4.68 Å². The molecule has 1 fully saturated rings. The van der Waals surface area contributed by atoms with E-state index in [9.17, 15) is 4.79 Å². The molecule has 1 unspecified atom stereocenters. The summed E-state index contributed by atoms with van der Waals surface area (Å²) < 4.78 is 1.48. The lowest BCUT2D eigenvalue weighted by molar-refractivity contribution is -0.133. The van der Waals surface area contributed by atoms with E-state index in [0.717, 1.165) is 25.8 Å². The Hall–Kier alpha value is -2.02. The first-order valence-electron chi connectivity index (χ1n) is 7.55. The summed E-state index contributed by atoms with van der Waals surface area (Å²) in [6, 6.07) is 4.29. The van der Waals surface area contributed by atoms with Gasteiger partial charge in [-0.1, -0.05) is 25.0 Å². The van der Waals surface area contributed by atoms with Crippen molar-refractivity contribution in [2.75, 3.05) is 6.54 Å². The molecule has 2 aromatic heterocycles. The van der Waals surface area contributed by atoms with Gasteiger partial charge in [0.15, 0.2) is 0 Å². The van der Waals surface area contributed by atoms with Gasteiger partial charge in [0, 0.05) is 11.4 Å². The van der Waals surface area contributed by atoms with Crippen molar-refractivity contribution in [2.45, 2.75) is 38.3 Å². The third-order valence-electron chi connectivity index (χ3n) is 3.83. The zero-order chi connectivity index (χ0) is 15.2. The van der Waals surface area contributed by atoms with Crippen molar-refractivity contribution in [3.05, 3.63) is 34.8 Å². The van der Waals surface area contributed by atoms with Gasteiger partial charge in [-0.05, 0) is 40.8 Å². The molecule has 6 nitrogen and oxygen atoms in total. The molecule has 0 aliphatic carbocycles. The van der Waals surface area contributed by atoms with Crippen LogP contribution < -0.4 is 0 Å². The first kappa shape index (κ1) is 14.9. The second-order valence-corrected chi connectivity index (χ2v) is 6.37. The van der Waals surface area contributed by atoms with E-state index in [2.05, 4.69) is 39.1 Å². The average Bonchev–Trinajstić information content (AvgIpc) is 3.16. The molecule has 2 aromatic rings. The molecule has 3 rings (SSSR count). The van der Waals surface area contributed by atoms with Crippen molar-refractivity contribution in [1.29, 1.82) is 0 Å². The van der Waals surface area contributed by atoms with Crippen molar-refractivity contribution < 1.29 is 4.79 Å². The monoisotopic (exact) mass is 317 g/mol. The van der Waals surface area contributed by atoms with E-state index in [1.165, 1.54) is 22.3 Å².